The Hall–Kier alpha value is -2.25. The molecule has 0 spiro atoms. The second kappa shape index (κ2) is 6.67. The van der Waals surface area contributed by atoms with Crippen molar-refractivity contribution < 1.29 is 27.5 Å². The van der Waals surface area contributed by atoms with Crippen LogP contribution in [0.5, 0.6) is 5.75 Å². The lowest BCUT2D eigenvalue weighted by molar-refractivity contribution is -0.129. The molecule has 1 N–H and O–H groups in total. The molecule has 1 aliphatic rings. The number of para-hydroxylation sites is 1. The zero-order chi connectivity index (χ0) is 16.3. The van der Waals surface area contributed by atoms with Crippen LogP contribution in [0.2, 0.25) is 0 Å². The van der Waals surface area contributed by atoms with Gasteiger partial charge in [-0.2, -0.15) is 0 Å². The zero-order valence-electron chi connectivity index (χ0n) is 11.8. The Morgan fingerprint density at radius 1 is 1.32 bits per heavy atom. The van der Waals surface area contributed by atoms with Crippen molar-refractivity contribution in [2.45, 2.75) is 31.9 Å². The Balaban J connectivity index is 1.96. The van der Waals surface area contributed by atoms with Crippen LogP contribution >= 0.6 is 0 Å². The van der Waals surface area contributed by atoms with Crippen LogP contribution in [-0.4, -0.2) is 42.0 Å². The maximum Gasteiger partial charge on any atom is 0.324 e. The summed E-state index contributed by atoms with van der Waals surface area (Å²) in [6.07, 6.45) is -4.11. The van der Waals surface area contributed by atoms with Gasteiger partial charge in [0.2, 0.25) is 6.43 Å². The van der Waals surface area contributed by atoms with Gasteiger partial charge < -0.3 is 10.1 Å². The molecule has 2 rings (SSSR count). The number of hydrogen-bond donors (Lipinski definition) is 1. The first-order valence-electron chi connectivity index (χ1n) is 6.69. The van der Waals surface area contributed by atoms with E-state index < -0.39 is 42.7 Å². The quantitative estimate of drug-likeness (QED) is 0.818. The molecular formula is C14H15F3N2O3. The number of carbonyl (C=O) groups is 2. The van der Waals surface area contributed by atoms with E-state index >= 15 is 0 Å². The maximum atomic E-state index is 13.5. The normalized spacial score (nSPS) is 19.5. The molecule has 0 aromatic heterocycles. The van der Waals surface area contributed by atoms with Gasteiger partial charge in [0.1, 0.15) is 12.1 Å². The molecule has 0 unspecified atom stereocenters. The minimum Gasteiger partial charge on any atom is -0.486 e. The minimum absolute atomic E-state index is 0.00816. The topological polar surface area (TPSA) is 58.6 Å². The van der Waals surface area contributed by atoms with Crippen LogP contribution in [0.15, 0.2) is 24.3 Å². The van der Waals surface area contributed by atoms with Gasteiger partial charge in [-0.3, -0.25) is 9.69 Å². The van der Waals surface area contributed by atoms with E-state index in [0.717, 1.165) is 4.90 Å². The lowest BCUT2D eigenvalue weighted by Gasteiger charge is -2.20. The SMILES string of the molecule is C[C@@H](CN1C(=O)N[C@H](CC(F)F)C1=O)Oc1ccccc1F. The third-order valence-corrected chi connectivity index (χ3v) is 3.13. The van der Waals surface area contributed by atoms with E-state index in [2.05, 4.69) is 5.32 Å². The maximum absolute atomic E-state index is 13.5. The van der Waals surface area contributed by atoms with E-state index in [0.29, 0.717) is 0 Å². The number of imide groups is 1. The fourth-order valence-electron chi connectivity index (χ4n) is 2.14. The number of alkyl halides is 2. The summed E-state index contributed by atoms with van der Waals surface area (Å²) in [6, 6.07) is 3.73. The highest BCUT2D eigenvalue weighted by atomic mass is 19.3. The molecule has 22 heavy (non-hydrogen) atoms. The van der Waals surface area contributed by atoms with Crippen molar-refractivity contribution in [1.29, 1.82) is 0 Å². The van der Waals surface area contributed by atoms with Gasteiger partial charge in [-0.25, -0.2) is 18.0 Å². The summed E-state index contributed by atoms with van der Waals surface area (Å²) in [7, 11) is 0. The summed E-state index contributed by atoms with van der Waals surface area (Å²) < 4.78 is 43.4. The molecule has 2 atom stereocenters. The molecule has 0 aliphatic carbocycles. The lowest BCUT2D eigenvalue weighted by atomic mass is 10.2. The summed E-state index contributed by atoms with van der Waals surface area (Å²) in [6.45, 7) is 1.40. The Labute approximate surface area is 125 Å². The van der Waals surface area contributed by atoms with Gasteiger partial charge in [0.25, 0.3) is 5.91 Å². The van der Waals surface area contributed by atoms with Crippen molar-refractivity contribution in [3.8, 4) is 5.75 Å². The Kier molecular flexibility index (Phi) is 4.89. The standard InChI is InChI=1S/C14H15F3N2O3/c1-8(22-11-5-3-2-4-9(11)15)7-19-13(20)10(6-12(16)17)18-14(19)21/h2-5,8,10,12H,6-7H2,1H3,(H,18,21)/t8-,10+/m0/s1. The second-order valence-electron chi connectivity index (χ2n) is 4.94. The molecule has 5 nitrogen and oxygen atoms in total. The smallest absolute Gasteiger partial charge is 0.324 e. The largest absolute Gasteiger partial charge is 0.486 e. The number of amides is 3. The Morgan fingerprint density at radius 3 is 2.64 bits per heavy atom. The van der Waals surface area contributed by atoms with Crippen molar-refractivity contribution in [3.63, 3.8) is 0 Å². The van der Waals surface area contributed by atoms with E-state index in [1.54, 1.807) is 13.0 Å². The average molecular weight is 316 g/mol. The van der Waals surface area contributed by atoms with E-state index in [1.807, 2.05) is 0 Å². The Morgan fingerprint density at radius 2 is 2.00 bits per heavy atom. The molecule has 1 aromatic rings. The first-order valence-corrected chi connectivity index (χ1v) is 6.69. The van der Waals surface area contributed by atoms with E-state index in [9.17, 15) is 22.8 Å². The number of carbonyl (C=O) groups excluding carboxylic acids is 2. The summed E-state index contributed by atoms with van der Waals surface area (Å²) in [4.78, 5) is 24.3. The van der Waals surface area contributed by atoms with Crippen LogP contribution in [0, 0.1) is 5.82 Å². The van der Waals surface area contributed by atoms with Gasteiger partial charge in [0.05, 0.1) is 6.54 Å². The highest BCUT2D eigenvalue weighted by Gasteiger charge is 2.40. The molecule has 120 valence electrons. The molecule has 0 saturated carbocycles. The molecular weight excluding hydrogens is 301 g/mol. The number of ether oxygens (including phenoxy) is 1. The number of rotatable bonds is 6. The summed E-state index contributed by atoms with van der Waals surface area (Å²) >= 11 is 0. The number of urea groups is 1. The number of benzene rings is 1. The number of hydrogen-bond acceptors (Lipinski definition) is 3. The highest BCUT2D eigenvalue weighted by Crippen LogP contribution is 2.19. The minimum atomic E-state index is -2.69. The first kappa shape index (κ1) is 16.1. The van der Waals surface area contributed by atoms with E-state index in [-0.39, 0.29) is 12.3 Å². The predicted molar refractivity (Wildman–Crippen MR) is 71.1 cm³/mol. The second-order valence-corrected chi connectivity index (χ2v) is 4.94. The summed E-state index contributed by atoms with van der Waals surface area (Å²) in [5.74, 6) is -1.30. The molecule has 3 amide bonds. The molecule has 1 fully saturated rings. The molecule has 1 heterocycles. The monoisotopic (exact) mass is 316 g/mol. The van der Waals surface area contributed by atoms with Crippen LogP contribution in [0.25, 0.3) is 0 Å². The number of nitrogens with zero attached hydrogens (tertiary/aromatic N) is 1. The molecule has 1 aliphatic heterocycles. The number of nitrogens with one attached hydrogen (secondary N) is 1. The van der Waals surface area contributed by atoms with Crippen LogP contribution < -0.4 is 10.1 Å². The molecule has 1 saturated heterocycles. The van der Waals surface area contributed by atoms with Crippen molar-refractivity contribution in [2.75, 3.05) is 6.54 Å². The van der Waals surface area contributed by atoms with Crippen molar-refractivity contribution in [3.05, 3.63) is 30.1 Å². The van der Waals surface area contributed by atoms with Crippen LogP contribution in [0.3, 0.4) is 0 Å². The Bertz CT molecular complexity index is 568. The van der Waals surface area contributed by atoms with Crippen LogP contribution in [0.4, 0.5) is 18.0 Å². The summed E-state index contributed by atoms with van der Waals surface area (Å²) in [5, 5.41) is 2.19. The third-order valence-electron chi connectivity index (χ3n) is 3.13. The van der Waals surface area contributed by atoms with Crippen LogP contribution in [-0.2, 0) is 4.79 Å². The number of halogens is 3. The van der Waals surface area contributed by atoms with E-state index in [4.69, 9.17) is 4.74 Å². The molecule has 8 heteroatoms. The predicted octanol–water partition coefficient (Wildman–Crippen LogP) is 2.17. The summed E-state index contributed by atoms with van der Waals surface area (Å²) in [5.41, 5.74) is 0. The van der Waals surface area contributed by atoms with Gasteiger partial charge in [-0.1, -0.05) is 12.1 Å². The van der Waals surface area contributed by atoms with E-state index in [1.165, 1.54) is 18.2 Å². The van der Waals surface area contributed by atoms with Crippen LogP contribution in [0.1, 0.15) is 13.3 Å². The highest BCUT2D eigenvalue weighted by molar-refractivity contribution is 6.04. The fourth-order valence-corrected chi connectivity index (χ4v) is 2.14. The zero-order valence-corrected chi connectivity index (χ0v) is 11.8. The van der Waals surface area contributed by atoms with Crippen molar-refractivity contribution in [2.24, 2.45) is 0 Å². The van der Waals surface area contributed by atoms with Gasteiger partial charge in [0, 0.05) is 6.42 Å². The van der Waals surface area contributed by atoms with Crippen molar-refractivity contribution in [1.82, 2.24) is 10.2 Å². The molecule has 1 aromatic carbocycles. The molecule has 0 bridgehead atoms. The average Bonchev–Trinajstić information content (AvgIpc) is 2.68. The third kappa shape index (κ3) is 3.69. The van der Waals surface area contributed by atoms with Gasteiger partial charge in [0.15, 0.2) is 11.6 Å². The lowest BCUT2D eigenvalue weighted by Crippen LogP contribution is -2.39. The van der Waals surface area contributed by atoms with Crippen molar-refractivity contribution >= 4 is 11.9 Å². The first-order chi connectivity index (χ1) is 10.4. The van der Waals surface area contributed by atoms with Gasteiger partial charge >= 0.3 is 6.03 Å². The van der Waals surface area contributed by atoms with Gasteiger partial charge in [-0.15, -0.1) is 0 Å². The molecule has 0 radical (unpaired) electrons. The van der Waals surface area contributed by atoms with Gasteiger partial charge in [-0.05, 0) is 19.1 Å². The fraction of sp³-hybridized carbons (Fsp3) is 0.429.